The van der Waals surface area contributed by atoms with Gasteiger partial charge in [0, 0.05) is 25.5 Å². The molecule has 6 heteroatoms. The largest absolute Gasteiger partial charge is 0.337 e. The topological polar surface area (TPSA) is 55.2 Å². The molecule has 0 saturated carbocycles. The predicted molar refractivity (Wildman–Crippen MR) is 78.1 cm³/mol. The standard InChI is InChI=1S/C14H17N3O2S/c1-20(18,19)17-10-12(9-16-7-6-15-11-16)8-13-4-2-3-5-14(13)17/h2-7,11-12H,8-10H2,1H3. The minimum Gasteiger partial charge on any atom is -0.337 e. The fraction of sp³-hybridized carbons (Fsp3) is 0.357. The molecule has 0 saturated heterocycles. The van der Waals surface area contributed by atoms with Gasteiger partial charge in [-0.1, -0.05) is 18.2 Å². The third-order valence-corrected chi connectivity index (χ3v) is 4.77. The van der Waals surface area contributed by atoms with Crippen molar-refractivity contribution in [1.82, 2.24) is 9.55 Å². The summed E-state index contributed by atoms with van der Waals surface area (Å²) in [4.78, 5) is 4.03. The molecule has 0 spiro atoms. The molecule has 3 rings (SSSR count). The van der Waals surface area contributed by atoms with E-state index in [9.17, 15) is 8.42 Å². The van der Waals surface area contributed by atoms with Gasteiger partial charge in [0.25, 0.3) is 0 Å². The number of para-hydroxylation sites is 1. The minimum atomic E-state index is -3.24. The minimum absolute atomic E-state index is 0.258. The van der Waals surface area contributed by atoms with E-state index in [0.29, 0.717) is 6.54 Å². The highest BCUT2D eigenvalue weighted by Gasteiger charge is 2.29. The van der Waals surface area contributed by atoms with Crippen molar-refractivity contribution in [3.05, 3.63) is 48.5 Å². The highest BCUT2D eigenvalue weighted by atomic mass is 32.2. The van der Waals surface area contributed by atoms with Crippen LogP contribution in [0.25, 0.3) is 0 Å². The average molecular weight is 291 g/mol. The van der Waals surface area contributed by atoms with Crippen molar-refractivity contribution in [3.63, 3.8) is 0 Å². The quantitative estimate of drug-likeness (QED) is 0.861. The Hall–Kier alpha value is -1.82. The zero-order chi connectivity index (χ0) is 14.2. The third kappa shape index (κ3) is 2.56. The van der Waals surface area contributed by atoms with Crippen LogP contribution in [0.5, 0.6) is 0 Å². The lowest BCUT2D eigenvalue weighted by atomic mass is 9.94. The van der Waals surface area contributed by atoms with E-state index in [1.807, 2.05) is 35.0 Å². The molecule has 2 aromatic rings. The maximum Gasteiger partial charge on any atom is 0.232 e. The number of benzene rings is 1. The summed E-state index contributed by atoms with van der Waals surface area (Å²) in [5, 5.41) is 0. The van der Waals surface area contributed by atoms with Gasteiger partial charge in [-0.2, -0.15) is 0 Å². The molecule has 106 valence electrons. The summed E-state index contributed by atoms with van der Waals surface area (Å²) in [6, 6.07) is 7.73. The van der Waals surface area contributed by atoms with Crippen molar-refractivity contribution in [2.75, 3.05) is 17.1 Å². The molecule has 1 aromatic carbocycles. The van der Waals surface area contributed by atoms with Gasteiger partial charge in [0.05, 0.1) is 18.3 Å². The Morgan fingerprint density at radius 2 is 2.15 bits per heavy atom. The second kappa shape index (κ2) is 4.94. The fourth-order valence-electron chi connectivity index (χ4n) is 2.76. The van der Waals surface area contributed by atoms with E-state index in [1.54, 1.807) is 12.5 Å². The van der Waals surface area contributed by atoms with E-state index in [1.165, 1.54) is 10.6 Å². The summed E-state index contributed by atoms with van der Waals surface area (Å²) in [5.41, 5.74) is 1.91. The van der Waals surface area contributed by atoms with E-state index < -0.39 is 10.0 Å². The number of anilines is 1. The fourth-order valence-corrected chi connectivity index (χ4v) is 3.78. The van der Waals surface area contributed by atoms with Crippen LogP contribution in [0.15, 0.2) is 43.0 Å². The van der Waals surface area contributed by atoms with Gasteiger partial charge in [0.15, 0.2) is 0 Å². The van der Waals surface area contributed by atoms with Gasteiger partial charge in [-0.3, -0.25) is 4.31 Å². The molecule has 1 atom stereocenters. The average Bonchev–Trinajstić information content (AvgIpc) is 2.89. The van der Waals surface area contributed by atoms with E-state index in [-0.39, 0.29) is 5.92 Å². The number of nitrogens with zero attached hydrogens (tertiary/aromatic N) is 3. The molecule has 0 radical (unpaired) electrons. The first kappa shape index (κ1) is 13.2. The Morgan fingerprint density at radius 1 is 1.35 bits per heavy atom. The van der Waals surface area contributed by atoms with E-state index in [0.717, 1.165) is 24.2 Å². The Morgan fingerprint density at radius 3 is 2.85 bits per heavy atom. The van der Waals surface area contributed by atoms with Gasteiger partial charge in [-0.15, -0.1) is 0 Å². The second-order valence-electron chi connectivity index (χ2n) is 5.25. The monoisotopic (exact) mass is 291 g/mol. The van der Waals surface area contributed by atoms with Crippen molar-refractivity contribution >= 4 is 15.7 Å². The molecule has 1 aliphatic heterocycles. The number of hydrogen-bond acceptors (Lipinski definition) is 3. The van der Waals surface area contributed by atoms with Gasteiger partial charge in [0.1, 0.15) is 0 Å². The molecule has 1 aromatic heterocycles. The number of imidazole rings is 1. The summed E-state index contributed by atoms with van der Waals surface area (Å²) in [7, 11) is -3.24. The zero-order valence-electron chi connectivity index (χ0n) is 11.3. The van der Waals surface area contributed by atoms with Gasteiger partial charge < -0.3 is 4.57 Å². The van der Waals surface area contributed by atoms with Gasteiger partial charge in [-0.25, -0.2) is 13.4 Å². The van der Waals surface area contributed by atoms with Crippen molar-refractivity contribution in [2.45, 2.75) is 13.0 Å². The molecule has 1 unspecified atom stereocenters. The van der Waals surface area contributed by atoms with Crippen LogP contribution in [-0.4, -0.2) is 30.8 Å². The molecule has 1 aliphatic rings. The molecule has 20 heavy (non-hydrogen) atoms. The summed E-state index contributed by atoms with van der Waals surface area (Å²) in [6.45, 7) is 1.30. The van der Waals surface area contributed by atoms with E-state index in [2.05, 4.69) is 4.98 Å². The highest BCUT2D eigenvalue weighted by molar-refractivity contribution is 7.92. The first-order valence-corrected chi connectivity index (χ1v) is 8.40. The normalized spacial score (nSPS) is 18.9. The Balaban J connectivity index is 1.92. The lowest BCUT2D eigenvalue weighted by Gasteiger charge is -2.34. The molecule has 0 N–H and O–H groups in total. The van der Waals surface area contributed by atoms with Crippen LogP contribution in [-0.2, 0) is 23.0 Å². The van der Waals surface area contributed by atoms with Gasteiger partial charge in [0.2, 0.25) is 10.0 Å². The van der Waals surface area contributed by atoms with Crippen molar-refractivity contribution in [1.29, 1.82) is 0 Å². The predicted octanol–water partition coefficient (Wildman–Crippen LogP) is 1.52. The Kier molecular flexibility index (Phi) is 3.25. The molecular formula is C14H17N3O2S. The maximum absolute atomic E-state index is 12.0. The molecule has 0 amide bonds. The van der Waals surface area contributed by atoms with Gasteiger partial charge in [-0.05, 0) is 24.0 Å². The molecule has 0 aliphatic carbocycles. The van der Waals surface area contributed by atoms with Crippen LogP contribution in [0.2, 0.25) is 0 Å². The number of sulfonamides is 1. The van der Waals surface area contributed by atoms with Crippen molar-refractivity contribution in [3.8, 4) is 0 Å². The van der Waals surface area contributed by atoms with Crippen LogP contribution in [0, 0.1) is 5.92 Å². The molecule has 0 bridgehead atoms. The SMILES string of the molecule is CS(=O)(=O)N1CC(Cn2ccnc2)Cc2ccccc21. The van der Waals surface area contributed by atoms with Crippen LogP contribution in [0.3, 0.4) is 0 Å². The molecular weight excluding hydrogens is 274 g/mol. The van der Waals surface area contributed by atoms with Crippen molar-refractivity contribution in [2.24, 2.45) is 5.92 Å². The summed E-state index contributed by atoms with van der Waals surface area (Å²) < 4.78 is 27.5. The first-order chi connectivity index (χ1) is 9.54. The lowest BCUT2D eigenvalue weighted by molar-refractivity contribution is 0.437. The summed E-state index contributed by atoms with van der Waals surface area (Å²) in [5.74, 6) is 0.258. The third-order valence-electron chi connectivity index (χ3n) is 3.62. The summed E-state index contributed by atoms with van der Waals surface area (Å²) in [6.07, 6.45) is 7.57. The van der Waals surface area contributed by atoms with Gasteiger partial charge >= 0.3 is 0 Å². The lowest BCUT2D eigenvalue weighted by Crippen LogP contribution is -2.40. The van der Waals surface area contributed by atoms with Crippen LogP contribution >= 0.6 is 0 Å². The molecule has 0 fully saturated rings. The highest BCUT2D eigenvalue weighted by Crippen LogP contribution is 2.31. The van der Waals surface area contributed by atoms with E-state index >= 15 is 0 Å². The van der Waals surface area contributed by atoms with Crippen LogP contribution in [0.4, 0.5) is 5.69 Å². The number of rotatable bonds is 3. The molecule has 5 nitrogen and oxygen atoms in total. The Bertz CT molecular complexity index is 695. The van der Waals surface area contributed by atoms with Crippen LogP contribution < -0.4 is 4.31 Å². The first-order valence-electron chi connectivity index (χ1n) is 6.55. The number of hydrogen-bond donors (Lipinski definition) is 0. The smallest absolute Gasteiger partial charge is 0.232 e. The maximum atomic E-state index is 12.0. The van der Waals surface area contributed by atoms with Crippen LogP contribution in [0.1, 0.15) is 5.56 Å². The zero-order valence-corrected chi connectivity index (χ0v) is 12.1. The summed E-state index contributed by atoms with van der Waals surface area (Å²) >= 11 is 0. The second-order valence-corrected chi connectivity index (χ2v) is 7.16. The number of aromatic nitrogens is 2. The number of fused-ring (bicyclic) bond motifs is 1. The van der Waals surface area contributed by atoms with Crippen molar-refractivity contribution < 1.29 is 8.42 Å². The molecule has 2 heterocycles. The Labute approximate surface area is 118 Å². The van der Waals surface area contributed by atoms with E-state index in [4.69, 9.17) is 0 Å².